The first-order chi connectivity index (χ1) is 7.68. The van der Waals surface area contributed by atoms with E-state index in [1.54, 1.807) is 11.4 Å². The third-order valence-electron chi connectivity index (χ3n) is 1.85. The lowest BCUT2D eigenvalue weighted by Gasteiger charge is -2.01. The van der Waals surface area contributed by atoms with Crippen molar-refractivity contribution in [2.75, 3.05) is 5.32 Å². The van der Waals surface area contributed by atoms with Crippen molar-refractivity contribution in [2.24, 2.45) is 0 Å². The molecule has 1 amide bonds. The number of carboxylic acids is 1. The Hall–Kier alpha value is -2.08. The van der Waals surface area contributed by atoms with Crippen molar-refractivity contribution in [3.8, 4) is 0 Å². The van der Waals surface area contributed by atoms with Crippen LogP contribution in [0.1, 0.15) is 20.2 Å². The molecule has 0 aliphatic carbocycles. The van der Waals surface area contributed by atoms with E-state index in [1.165, 1.54) is 18.4 Å². The lowest BCUT2D eigenvalue weighted by molar-refractivity contribution is 0.0703. The Labute approximate surface area is 94.3 Å². The molecule has 2 heterocycles. The van der Waals surface area contributed by atoms with E-state index in [0.29, 0.717) is 0 Å². The van der Waals surface area contributed by atoms with E-state index in [4.69, 9.17) is 9.52 Å². The Kier molecular flexibility index (Phi) is 2.74. The fourth-order valence-corrected chi connectivity index (χ4v) is 1.85. The monoisotopic (exact) mass is 237 g/mol. The van der Waals surface area contributed by atoms with Crippen molar-refractivity contribution in [3.63, 3.8) is 0 Å². The quantitative estimate of drug-likeness (QED) is 0.858. The number of aromatic carboxylic acids is 1. The summed E-state index contributed by atoms with van der Waals surface area (Å²) < 4.78 is 4.89. The number of thiophene rings is 1. The maximum Gasteiger partial charge on any atom is 0.348 e. The average Bonchev–Trinajstić information content (AvgIpc) is 2.86. The number of anilines is 1. The maximum atomic E-state index is 11.6. The molecular formula is C10H7NO4S. The van der Waals surface area contributed by atoms with Gasteiger partial charge in [-0.1, -0.05) is 0 Å². The van der Waals surface area contributed by atoms with Crippen LogP contribution in [-0.2, 0) is 0 Å². The van der Waals surface area contributed by atoms with Crippen LogP contribution in [0.3, 0.4) is 0 Å². The van der Waals surface area contributed by atoms with Gasteiger partial charge in [0.25, 0.3) is 5.91 Å². The zero-order valence-electron chi connectivity index (χ0n) is 7.97. The van der Waals surface area contributed by atoms with Crippen LogP contribution in [0.15, 0.2) is 34.3 Å². The molecule has 2 N–H and O–H groups in total. The van der Waals surface area contributed by atoms with Crippen molar-refractivity contribution in [1.29, 1.82) is 0 Å². The van der Waals surface area contributed by atoms with Crippen LogP contribution in [-0.4, -0.2) is 17.0 Å². The van der Waals surface area contributed by atoms with Gasteiger partial charge in [0.05, 0.1) is 12.0 Å². The number of hydrogen-bond donors (Lipinski definition) is 2. The van der Waals surface area contributed by atoms with Crippen LogP contribution in [0.2, 0.25) is 0 Å². The van der Waals surface area contributed by atoms with Gasteiger partial charge in [0.2, 0.25) is 0 Å². The van der Waals surface area contributed by atoms with Crippen LogP contribution in [0.5, 0.6) is 0 Å². The summed E-state index contributed by atoms with van der Waals surface area (Å²) in [6.07, 6.45) is 1.38. The van der Waals surface area contributed by atoms with Gasteiger partial charge in [-0.2, -0.15) is 0 Å². The minimum atomic E-state index is -1.07. The van der Waals surface area contributed by atoms with Gasteiger partial charge in [0.1, 0.15) is 4.88 Å². The second-order valence-electron chi connectivity index (χ2n) is 2.90. The van der Waals surface area contributed by atoms with Crippen LogP contribution in [0.25, 0.3) is 0 Å². The highest BCUT2D eigenvalue weighted by molar-refractivity contribution is 7.12. The van der Waals surface area contributed by atoms with Crippen LogP contribution >= 0.6 is 11.3 Å². The summed E-state index contributed by atoms with van der Waals surface area (Å²) in [5.41, 5.74) is 0.277. The zero-order chi connectivity index (χ0) is 11.5. The summed E-state index contributed by atoms with van der Waals surface area (Å²) in [4.78, 5) is 22.4. The molecule has 0 aromatic carbocycles. The first kappa shape index (κ1) is 10.4. The zero-order valence-corrected chi connectivity index (χ0v) is 8.78. The molecule has 5 nitrogen and oxygen atoms in total. The summed E-state index contributed by atoms with van der Waals surface area (Å²) >= 11 is 1.05. The van der Waals surface area contributed by atoms with Crippen LogP contribution < -0.4 is 5.32 Å². The molecule has 2 aromatic heterocycles. The Morgan fingerprint density at radius 2 is 2.19 bits per heavy atom. The van der Waals surface area contributed by atoms with Crippen molar-refractivity contribution in [2.45, 2.75) is 0 Å². The third kappa shape index (κ3) is 1.96. The highest BCUT2D eigenvalue weighted by Crippen LogP contribution is 2.22. The molecule has 0 aliphatic rings. The van der Waals surface area contributed by atoms with E-state index in [-0.39, 0.29) is 16.3 Å². The van der Waals surface area contributed by atoms with Crippen molar-refractivity contribution in [1.82, 2.24) is 0 Å². The SMILES string of the molecule is O=C(Nc1ccsc1C(=O)O)c1ccco1. The number of hydrogen-bond acceptors (Lipinski definition) is 4. The molecule has 16 heavy (non-hydrogen) atoms. The standard InChI is InChI=1S/C10H7NO4S/c12-9(7-2-1-4-15-7)11-6-3-5-16-8(6)10(13)14/h1-5H,(H,11,12)(H,13,14). The number of furan rings is 1. The van der Waals surface area contributed by atoms with E-state index < -0.39 is 11.9 Å². The predicted molar refractivity (Wildman–Crippen MR) is 57.9 cm³/mol. The van der Waals surface area contributed by atoms with Gasteiger partial charge in [0.15, 0.2) is 5.76 Å². The Morgan fingerprint density at radius 1 is 1.38 bits per heavy atom. The first-order valence-electron chi connectivity index (χ1n) is 4.34. The fourth-order valence-electron chi connectivity index (χ4n) is 1.16. The van der Waals surface area contributed by atoms with Crippen molar-refractivity contribution < 1.29 is 19.1 Å². The predicted octanol–water partition coefficient (Wildman–Crippen LogP) is 2.29. The average molecular weight is 237 g/mol. The van der Waals surface area contributed by atoms with Crippen LogP contribution in [0, 0.1) is 0 Å². The van der Waals surface area contributed by atoms with Crippen LogP contribution in [0.4, 0.5) is 5.69 Å². The Bertz CT molecular complexity index is 515. The highest BCUT2D eigenvalue weighted by Gasteiger charge is 2.15. The van der Waals surface area contributed by atoms with Crippen molar-refractivity contribution >= 4 is 28.9 Å². The van der Waals surface area contributed by atoms with E-state index >= 15 is 0 Å². The number of nitrogens with one attached hydrogen (secondary N) is 1. The van der Waals surface area contributed by atoms with Gasteiger partial charge in [-0.3, -0.25) is 4.79 Å². The molecule has 0 fully saturated rings. The Morgan fingerprint density at radius 3 is 2.81 bits per heavy atom. The Balaban J connectivity index is 2.18. The van der Waals surface area contributed by atoms with Gasteiger partial charge >= 0.3 is 5.97 Å². The molecule has 0 bridgehead atoms. The number of amides is 1. The van der Waals surface area contributed by atoms with E-state index in [0.717, 1.165) is 11.3 Å². The summed E-state index contributed by atoms with van der Waals surface area (Å²) in [5.74, 6) is -1.39. The normalized spacial score (nSPS) is 10.0. The molecule has 0 radical (unpaired) electrons. The van der Waals surface area contributed by atoms with Gasteiger partial charge in [-0.25, -0.2) is 4.79 Å². The van der Waals surface area contributed by atoms with E-state index in [1.807, 2.05) is 0 Å². The van der Waals surface area contributed by atoms with Gasteiger partial charge in [0, 0.05) is 0 Å². The van der Waals surface area contributed by atoms with E-state index in [2.05, 4.69) is 5.32 Å². The second kappa shape index (κ2) is 4.19. The molecule has 0 atom stereocenters. The largest absolute Gasteiger partial charge is 0.477 e. The summed E-state index contributed by atoms with van der Waals surface area (Å²) in [5, 5.41) is 12.9. The number of carboxylic acid groups (broad SMARTS) is 1. The smallest absolute Gasteiger partial charge is 0.348 e. The molecular weight excluding hydrogens is 230 g/mol. The molecule has 0 saturated carbocycles. The minimum absolute atomic E-state index is 0.0971. The second-order valence-corrected chi connectivity index (χ2v) is 3.82. The lowest BCUT2D eigenvalue weighted by Crippen LogP contribution is -2.12. The molecule has 2 aromatic rings. The minimum Gasteiger partial charge on any atom is -0.477 e. The van der Waals surface area contributed by atoms with Gasteiger partial charge in [-0.15, -0.1) is 11.3 Å². The topological polar surface area (TPSA) is 79.5 Å². The lowest BCUT2D eigenvalue weighted by atomic mass is 10.3. The third-order valence-corrected chi connectivity index (χ3v) is 2.76. The molecule has 0 unspecified atom stereocenters. The van der Waals surface area contributed by atoms with Gasteiger partial charge in [-0.05, 0) is 23.6 Å². The molecule has 2 rings (SSSR count). The van der Waals surface area contributed by atoms with Crippen molar-refractivity contribution in [3.05, 3.63) is 40.5 Å². The summed E-state index contributed by atoms with van der Waals surface area (Å²) in [7, 11) is 0. The van der Waals surface area contributed by atoms with Gasteiger partial charge < -0.3 is 14.8 Å². The summed E-state index contributed by atoms with van der Waals surface area (Å²) in [6.45, 7) is 0. The molecule has 0 saturated heterocycles. The number of carbonyl (C=O) groups excluding carboxylic acids is 1. The molecule has 0 spiro atoms. The fraction of sp³-hybridized carbons (Fsp3) is 0. The van der Waals surface area contributed by atoms with E-state index in [9.17, 15) is 9.59 Å². The molecule has 6 heteroatoms. The summed E-state index contributed by atoms with van der Waals surface area (Å²) in [6, 6.07) is 4.62. The maximum absolute atomic E-state index is 11.6. The molecule has 0 aliphatic heterocycles. The molecule has 82 valence electrons. The first-order valence-corrected chi connectivity index (χ1v) is 5.22. The number of carbonyl (C=O) groups is 2. The highest BCUT2D eigenvalue weighted by atomic mass is 32.1. The number of rotatable bonds is 3.